The van der Waals surface area contributed by atoms with Crippen LogP contribution < -0.4 is 26.7 Å². The maximum Gasteiger partial charge on any atom is 0.418 e. The van der Waals surface area contributed by atoms with E-state index in [1.807, 2.05) is 0 Å². The standard InChI is InChI=1S/C16H15ClF3N5O2/c17-10-4-5-14(13(6-10)16(18,19)20)24-15(26)8-27-12-3-1-2-11(7-12)25(22)9-23-21/h1-7,9H,8,21-22H2,(H,24,26)/b23-9-. The first-order valence-electron chi connectivity index (χ1n) is 7.37. The number of carbonyl (C=O) groups is 1. The first-order valence-corrected chi connectivity index (χ1v) is 7.75. The number of hydrogen-bond acceptors (Lipinski definition) is 5. The number of nitrogens with two attached hydrogens (primary N) is 2. The Balaban J connectivity index is 2.05. The molecule has 11 heteroatoms. The molecular formula is C16H15ClF3N5O2. The number of anilines is 2. The molecule has 0 aliphatic heterocycles. The topological polar surface area (TPSA) is 106 Å². The molecule has 0 bridgehead atoms. The van der Waals surface area contributed by atoms with E-state index in [1.165, 1.54) is 12.1 Å². The van der Waals surface area contributed by atoms with Gasteiger partial charge >= 0.3 is 6.18 Å². The number of amides is 1. The molecule has 2 aromatic carbocycles. The third-order valence-corrected chi connectivity index (χ3v) is 3.47. The Hall–Kier alpha value is -2.98. The van der Waals surface area contributed by atoms with Gasteiger partial charge in [0.05, 0.1) is 16.9 Å². The SMILES string of the molecule is N/N=C\N(N)c1cccc(OCC(=O)Nc2ccc(Cl)cc2C(F)(F)F)c1. The maximum atomic E-state index is 13.0. The molecule has 0 saturated carbocycles. The van der Waals surface area contributed by atoms with Gasteiger partial charge in [-0.2, -0.15) is 18.3 Å². The van der Waals surface area contributed by atoms with E-state index in [0.717, 1.165) is 23.5 Å². The van der Waals surface area contributed by atoms with Crippen molar-refractivity contribution in [3.05, 3.63) is 53.1 Å². The van der Waals surface area contributed by atoms with Crippen LogP contribution in [0, 0.1) is 0 Å². The van der Waals surface area contributed by atoms with Crippen molar-refractivity contribution in [2.45, 2.75) is 6.18 Å². The van der Waals surface area contributed by atoms with Crippen molar-refractivity contribution in [3.8, 4) is 5.75 Å². The number of nitrogens with zero attached hydrogens (tertiary/aromatic N) is 2. The second-order valence-corrected chi connectivity index (χ2v) is 5.63. The Morgan fingerprint density at radius 3 is 2.70 bits per heavy atom. The quantitative estimate of drug-likeness (QED) is 0.298. The summed E-state index contributed by atoms with van der Waals surface area (Å²) >= 11 is 5.59. The molecule has 2 rings (SSSR count). The lowest BCUT2D eigenvalue weighted by molar-refractivity contribution is -0.137. The summed E-state index contributed by atoms with van der Waals surface area (Å²) in [5, 5.41) is 6.45. The number of hydrazine groups is 1. The molecule has 0 fully saturated rings. The van der Waals surface area contributed by atoms with Crippen molar-refractivity contribution < 1.29 is 22.7 Å². The van der Waals surface area contributed by atoms with Crippen molar-refractivity contribution in [1.29, 1.82) is 0 Å². The van der Waals surface area contributed by atoms with Crippen molar-refractivity contribution in [3.63, 3.8) is 0 Å². The van der Waals surface area contributed by atoms with Crippen LogP contribution >= 0.6 is 11.6 Å². The average molecular weight is 402 g/mol. The fourth-order valence-corrected chi connectivity index (χ4v) is 2.24. The van der Waals surface area contributed by atoms with Crippen LogP contribution in [0.15, 0.2) is 47.6 Å². The number of nitrogens with one attached hydrogen (secondary N) is 1. The smallest absolute Gasteiger partial charge is 0.418 e. The van der Waals surface area contributed by atoms with Gasteiger partial charge < -0.3 is 15.9 Å². The number of rotatable bonds is 6. The maximum absolute atomic E-state index is 13.0. The third kappa shape index (κ3) is 5.76. The molecule has 1 amide bonds. The first kappa shape index (κ1) is 20.3. The summed E-state index contributed by atoms with van der Waals surface area (Å²) in [6, 6.07) is 9.34. The highest BCUT2D eigenvalue weighted by Gasteiger charge is 2.34. The van der Waals surface area contributed by atoms with E-state index >= 15 is 0 Å². The van der Waals surface area contributed by atoms with Gasteiger partial charge in [0.15, 0.2) is 6.61 Å². The van der Waals surface area contributed by atoms with Crippen molar-refractivity contribution in [2.24, 2.45) is 16.8 Å². The highest BCUT2D eigenvalue weighted by molar-refractivity contribution is 6.30. The Morgan fingerprint density at radius 2 is 2.04 bits per heavy atom. The van der Waals surface area contributed by atoms with Gasteiger partial charge in [-0.1, -0.05) is 17.7 Å². The summed E-state index contributed by atoms with van der Waals surface area (Å²) in [5.41, 5.74) is -0.995. The summed E-state index contributed by atoms with van der Waals surface area (Å²) < 4.78 is 44.4. The van der Waals surface area contributed by atoms with Crippen LogP contribution in [-0.4, -0.2) is 18.9 Å². The molecule has 0 heterocycles. The largest absolute Gasteiger partial charge is 0.484 e. The van der Waals surface area contributed by atoms with Crippen LogP contribution in [0.25, 0.3) is 0 Å². The molecule has 0 saturated heterocycles. The molecule has 0 aliphatic carbocycles. The molecule has 0 atom stereocenters. The van der Waals surface area contributed by atoms with E-state index in [-0.39, 0.29) is 10.8 Å². The zero-order valence-corrected chi connectivity index (χ0v) is 14.5. The third-order valence-electron chi connectivity index (χ3n) is 3.24. The highest BCUT2D eigenvalue weighted by Crippen LogP contribution is 2.36. The van der Waals surface area contributed by atoms with E-state index < -0.39 is 29.9 Å². The van der Waals surface area contributed by atoms with Crippen molar-refractivity contribution in [1.82, 2.24) is 0 Å². The number of halogens is 4. The van der Waals surface area contributed by atoms with Crippen LogP contribution in [0.5, 0.6) is 5.75 Å². The monoisotopic (exact) mass is 401 g/mol. The van der Waals surface area contributed by atoms with Gasteiger partial charge in [0.25, 0.3) is 5.91 Å². The zero-order chi connectivity index (χ0) is 20.0. The molecule has 5 N–H and O–H groups in total. The second kappa shape index (κ2) is 8.60. The van der Waals surface area contributed by atoms with E-state index in [2.05, 4.69) is 10.4 Å². The van der Waals surface area contributed by atoms with Gasteiger partial charge in [-0.15, -0.1) is 0 Å². The minimum Gasteiger partial charge on any atom is -0.484 e. The van der Waals surface area contributed by atoms with Crippen LogP contribution in [0.1, 0.15) is 5.56 Å². The fourth-order valence-electron chi connectivity index (χ4n) is 2.07. The lowest BCUT2D eigenvalue weighted by atomic mass is 10.1. The molecule has 7 nitrogen and oxygen atoms in total. The lowest BCUT2D eigenvalue weighted by Gasteiger charge is -2.15. The Morgan fingerprint density at radius 1 is 1.30 bits per heavy atom. The van der Waals surface area contributed by atoms with E-state index in [4.69, 9.17) is 28.0 Å². The van der Waals surface area contributed by atoms with Gasteiger partial charge in [0.2, 0.25) is 0 Å². The normalized spacial score (nSPS) is 11.4. The number of benzene rings is 2. The number of hydrogen-bond donors (Lipinski definition) is 3. The lowest BCUT2D eigenvalue weighted by Crippen LogP contribution is -2.29. The fraction of sp³-hybridized carbons (Fsp3) is 0.125. The Kier molecular flexibility index (Phi) is 6.48. The highest BCUT2D eigenvalue weighted by atomic mass is 35.5. The molecule has 2 aromatic rings. The molecular weight excluding hydrogens is 387 g/mol. The van der Waals surface area contributed by atoms with Crippen LogP contribution in [0.4, 0.5) is 24.5 Å². The summed E-state index contributed by atoms with van der Waals surface area (Å²) in [6.07, 6.45) is -3.51. The van der Waals surface area contributed by atoms with Gasteiger partial charge in [-0.25, -0.2) is 5.84 Å². The molecule has 0 aliphatic rings. The van der Waals surface area contributed by atoms with Crippen LogP contribution in [0.3, 0.4) is 0 Å². The zero-order valence-electron chi connectivity index (χ0n) is 13.7. The predicted molar refractivity (Wildman–Crippen MR) is 96.4 cm³/mol. The Bertz CT molecular complexity index is 845. The number of alkyl halides is 3. The van der Waals surface area contributed by atoms with Gasteiger partial charge in [-0.05, 0) is 30.3 Å². The number of ether oxygens (including phenoxy) is 1. The average Bonchev–Trinajstić information content (AvgIpc) is 2.61. The van der Waals surface area contributed by atoms with Crippen molar-refractivity contribution in [2.75, 3.05) is 16.9 Å². The summed E-state index contributed by atoms with van der Waals surface area (Å²) in [4.78, 5) is 12.0. The summed E-state index contributed by atoms with van der Waals surface area (Å²) in [7, 11) is 0. The van der Waals surface area contributed by atoms with Crippen LogP contribution in [-0.2, 0) is 11.0 Å². The van der Waals surface area contributed by atoms with Gasteiger partial charge in [0, 0.05) is 11.1 Å². The second-order valence-electron chi connectivity index (χ2n) is 5.19. The minimum absolute atomic E-state index is 0.0965. The molecule has 0 aromatic heterocycles. The predicted octanol–water partition coefficient (Wildman–Crippen LogP) is 2.96. The summed E-state index contributed by atoms with van der Waals surface area (Å²) in [6.45, 7) is -0.515. The van der Waals surface area contributed by atoms with Gasteiger partial charge in [0.1, 0.15) is 12.1 Å². The first-order chi connectivity index (χ1) is 12.7. The Labute approximate surface area is 157 Å². The van der Waals surface area contributed by atoms with E-state index in [0.29, 0.717) is 5.69 Å². The molecule has 144 valence electrons. The summed E-state index contributed by atoms with van der Waals surface area (Å²) in [5.74, 6) is 10.2. The number of carbonyl (C=O) groups excluding carboxylic acids is 1. The van der Waals surface area contributed by atoms with Crippen LogP contribution in [0.2, 0.25) is 5.02 Å². The van der Waals surface area contributed by atoms with E-state index in [1.54, 1.807) is 18.2 Å². The minimum atomic E-state index is -4.67. The number of hydrazone groups is 1. The molecule has 0 unspecified atom stereocenters. The van der Waals surface area contributed by atoms with Gasteiger partial charge in [-0.3, -0.25) is 9.80 Å². The molecule has 27 heavy (non-hydrogen) atoms. The molecule has 0 spiro atoms. The molecule has 0 radical (unpaired) electrons. The van der Waals surface area contributed by atoms with Crippen molar-refractivity contribution >= 4 is 35.2 Å². The van der Waals surface area contributed by atoms with E-state index in [9.17, 15) is 18.0 Å².